The molecule has 0 unspecified atom stereocenters. The van der Waals surface area contributed by atoms with Crippen LogP contribution in [0, 0.1) is 10.1 Å². The van der Waals surface area contributed by atoms with Crippen LogP contribution in [0.15, 0.2) is 29.2 Å². The minimum absolute atomic E-state index is 0.123. The van der Waals surface area contributed by atoms with Crippen LogP contribution in [-0.2, 0) is 14.8 Å². The number of nitrogens with zero attached hydrogens (tertiary/aromatic N) is 2. The molecule has 0 aliphatic carbocycles. The summed E-state index contributed by atoms with van der Waals surface area (Å²) in [6.07, 6.45) is 0. The molecule has 1 N–H and O–H groups in total. The molecule has 0 bridgehead atoms. The lowest BCUT2D eigenvalue weighted by atomic mass is 10.3. The van der Waals surface area contributed by atoms with Gasteiger partial charge in [0.15, 0.2) is 4.90 Å². The van der Waals surface area contributed by atoms with Crippen LogP contribution < -0.4 is 5.32 Å². The van der Waals surface area contributed by atoms with Gasteiger partial charge in [-0.15, -0.1) is 0 Å². The van der Waals surface area contributed by atoms with Gasteiger partial charge in [0.05, 0.1) is 18.1 Å². The van der Waals surface area contributed by atoms with Crippen molar-refractivity contribution in [3.05, 3.63) is 34.4 Å². The molecule has 1 rings (SSSR count). The summed E-state index contributed by atoms with van der Waals surface area (Å²) in [5.41, 5.74) is -0.430. The zero-order chi connectivity index (χ0) is 15.9. The Morgan fingerprint density at radius 1 is 1.33 bits per heavy atom. The predicted octanol–water partition coefficient (Wildman–Crippen LogP) is 0.451. The Kier molecular flexibility index (Phi) is 6.69. The molecule has 0 spiro atoms. The number of rotatable bonds is 9. The van der Waals surface area contributed by atoms with E-state index in [1.807, 2.05) is 0 Å². The maximum absolute atomic E-state index is 12.3. The van der Waals surface area contributed by atoms with Crippen LogP contribution in [0.4, 0.5) is 5.69 Å². The molecule has 0 saturated heterocycles. The molecule has 21 heavy (non-hydrogen) atoms. The molecular weight excluding hydrogens is 298 g/mol. The maximum atomic E-state index is 12.3. The van der Waals surface area contributed by atoms with Crippen LogP contribution in [0.1, 0.15) is 0 Å². The Balaban J connectivity index is 2.79. The average Bonchev–Trinajstić information content (AvgIpc) is 2.46. The van der Waals surface area contributed by atoms with Gasteiger partial charge in [0, 0.05) is 26.2 Å². The summed E-state index contributed by atoms with van der Waals surface area (Å²) in [6, 6.07) is 5.28. The van der Waals surface area contributed by atoms with Crippen LogP contribution >= 0.6 is 0 Å². The quantitative estimate of drug-likeness (QED) is 0.403. The van der Waals surface area contributed by atoms with E-state index in [2.05, 4.69) is 5.32 Å². The van der Waals surface area contributed by atoms with Crippen molar-refractivity contribution in [2.45, 2.75) is 4.90 Å². The smallest absolute Gasteiger partial charge is 0.289 e. The third kappa shape index (κ3) is 4.74. The molecule has 0 atom stereocenters. The number of ether oxygens (including phenoxy) is 1. The molecule has 1 aromatic carbocycles. The molecule has 0 fully saturated rings. The number of hydrogen-bond donors (Lipinski definition) is 1. The maximum Gasteiger partial charge on any atom is 0.289 e. The highest BCUT2D eigenvalue weighted by Gasteiger charge is 2.28. The molecule has 0 aliphatic heterocycles. The van der Waals surface area contributed by atoms with Crippen molar-refractivity contribution in [1.82, 2.24) is 9.62 Å². The minimum atomic E-state index is -3.91. The molecule has 0 aliphatic rings. The lowest BCUT2D eigenvalue weighted by molar-refractivity contribution is -0.387. The molecule has 0 aromatic heterocycles. The number of nitrogens with one attached hydrogen (secondary N) is 1. The SMILES string of the molecule is CNCCOCCN(C)S(=O)(=O)c1ccccc1[N+](=O)[O-]. The second-order valence-electron chi connectivity index (χ2n) is 4.27. The number of hydrogen-bond acceptors (Lipinski definition) is 6. The molecule has 0 amide bonds. The Bertz CT molecular complexity index is 576. The minimum Gasteiger partial charge on any atom is -0.379 e. The fourth-order valence-electron chi connectivity index (χ4n) is 1.58. The van der Waals surface area contributed by atoms with E-state index in [1.165, 1.54) is 31.3 Å². The van der Waals surface area contributed by atoms with Crippen LogP contribution in [0.5, 0.6) is 0 Å². The van der Waals surface area contributed by atoms with Crippen molar-refractivity contribution in [2.75, 3.05) is 40.4 Å². The van der Waals surface area contributed by atoms with Crippen LogP contribution in [0.25, 0.3) is 0 Å². The summed E-state index contributed by atoms with van der Waals surface area (Å²) < 4.78 is 31.0. The predicted molar refractivity (Wildman–Crippen MR) is 77.7 cm³/mol. The molecule has 1 aromatic rings. The number of nitro groups is 1. The highest BCUT2D eigenvalue weighted by atomic mass is 32.2. The van der Waals surface area contributed by atoms with Crippen molar-refractivity contribution < 1.29 is 18.1 Å². The first-order chi connectivity index (χ1) is 9.91. The Labute approximate surface area is 123 Å². The average molecular weight is 317 g/mol. The number of para-hydroxylation sites is 1. The number of likely N-dealkylation sites (N-methyl/N-ethyl adjacent to an activating group) is 2. The second kappa shape index (κ2) is 8.03. The first-order valence-corrected chi connectivity index (χ1v) is 7.77. The Morgan fingerprint density at radius 2 is 2.00 bits per heavy atom. The topological polar surface area (TPSA) is 102 Å². The van der Waals surface area contributed by atoms with Crippen LogP contribution in [-0.4, -0.2) is 58.0 Å². The third-order valence-electron chi connectivity index (χ3n) is 2.80. The number of sulfonamides is 1. The van der Waals surface area contributed by atoms with Crippen molar-refractivity contribution in [2.24, 2.45) is 0 Å². The molecule has 0 heterocycles. The highest BCUT2D eigenvalue weighted by Crippen LogP contribution is 2.25. The van der Waals surface area contributed by atoms with Crippen molar-refractivity contribution in [3.63, 3.8) is 0 Å². The summed E-state index contributed by atoms with van der Waals surface area (Å²) in [7, 11) is -0.757. The lowest BCUT2D eigenvalue weighted by Crippen LogP contribution is -2.31. The fourth-order valence-corrected chi connectivity index (χ4v) is 2.89. The zero-order valence-electron chi connectivity index (χ0n) is 12.0. The van der Waals surface area contributed by atoms with E-state index in [0.29, 0.717) is 13.2 Å². The summed E-state index contributed by atoms with van der Waals surface area (Å²) in [5.74, 6) is 0. The van der Waals surface area contributed by atoms with Gasteiger partial charge in [0.1, 0.15) is 0 Å². The van der Waals surface area contributed by atoms with Gasteiger partial charge in [-0.05, 0) is 13.1 Å². The molecular formula is C12H19N3O5S. The molecule has 118 valence electrons. The largest absolute Gasteiger partial charge is 0.379 e. The normalized spacial score (nSPS) is 11.8. The van der Waals surface area contributed by atoms with E-state index in [9.17, 15) is 18.5 Å². The Morgan fingerprint density at radius 3 is 2.62 bits per heavy atom. The van der Waals surface area contributed by atoms with E-state index in [1.54, 1.807) is 7.05 Å². The van der Waals surface area contributed by atoms with Crippen LogP contribution in [0.2, 0.25) is 0 Å². The van der Waals surface area contributed by atoms with E-state index >= 15 is 0 Å². The van der Waals surface area contributed by atoms with Crippen LogP contribution in [0.3, 0.4) is 0 Å². The highest BCUT2D eigenvalue weighted by molar-refractivity contribution is 7.89. The van der Waals surface area contributed by atoms with Crippen molar-refractivity contribution >= 4 is 15.7 Å². The van der Waals surface area contributed by atoms with Gasteiger partial charge in [-0.25, -0.2) is 8.42 Å². The molecule has 9 heteroatoms. The lowest BCUT2D eigenvalue weighted by Gasteiger charge is -2.17. The van der Waals surface area contributed by atoms with E-state index < -0.39 is 20.6 Å². The first-order valence-electron chi connectivity index (χ1n) is 6.33. The van der Waals surface area contributed by atoms with Gasteiger partial charge >= 0.3 is 0 Å². The second-order valence-corrected chi connectivity index (χ2v) is 6.28. The van der Waals surface area contributed by atoms with Gasteiger partial charge in [-0.3, -0.25) is 10.1 Å². The van der Waals surface area contributed by atoms with E-state index in [-0.39, 0.29) is 18.0 Å². The van der Waals surface area contributed by atoms with Gasteiger partial charge in [0.25, 0.3) is 5.69 Å². The van der Waals surface area contributed by atoms with E-state index in [4.69, 9.17) is 4.74 Å². The summed E-state index contributed by atoms with van der Waals surface area (Å²) in [4.78, 5) is 9.90. The van der Waals surface area contributed by atoms with Gasteiger partial charge < -0.3 is 10.1 Å². The fraction of sp³-hybridized carbons (Fsp3) is 0.500. The van der Waals surface area contributed by atoms with Crippen molar-refractivity contribution in [3.8, 4) is 0 Å². The summed E-state index contributed by atoms with van der Waals surface area (Å²) >= 11 is 0. The molecule has 8 nitrogen and oxygen atoms in total. The zero-order valence-corrected chi connectivity index (χ0v) is 12.8. The summed E-state index contributed by atoms with van der Waals surface area (Å²) in [6.45, 7) is 1.48. The molecule has 0 radical (unpaired) electrons. The molecule has 0 saturated carbocycles. The number of nitro benzene ring substituents is 1. The van der Waals surface area contributed by atoms with Gasteiger partial charge in [-0.1, -0.05) is 12.1 Å². The summed E-state index contributed by atoms with van der Waals surface area (Å²) in [5, 5.41) is 13.8. The Hall–Kier alpha value is -1.55. The van der Waals surface area contributed by atoms with Crippen molar-refractivity contribution in [1.29, 1.82) is 0 Å². The third-order valence-corrected chi connectivity index (χ3v) is 4.70. The van der Waals surface area contributed by atoms with Gasteiger partial charge in [0.2, 0.25) is 10.0 Å². The van der Waals surface area contributed by atoms with E-state index in [0.717, 1.165) is 4.31 Å². The standard InChI is InChI=1S/C12H19N3O5S/c1-13-7-9-20-10-8-14(2)21(18,19)12-6-4-3-5-11(12)15(16)17/h3-6,13H,7-10H2,1-2H3. The monoisotopic (exact) mass is 317 g/mol. The first kappa shape index (κ1) is 17.5. The number of benzene rings is 1. The van der Waals surface area contributed by atoms with Gasteiger partial charge in [-0.2, -0.15) is 4.31 Å².